The Hall–Kier alpha value is -1.27. The molecule has 1 aliphatic rings. The van der Waals surface area contributed by atoms with Crippen LogP contribution in [0.25, 0.3) is 0 Å². The summed E-state index contributed by atoms with van der Waals surface area (Å²) in [6, 6.07) is 4.26. The Bertz CT molecular complexity index is 611. The second kappa shape index (κ2) is 6.01. The molecule has 0 amide bonds. The van der Waals surface area contributed by atoms with E-state index in [1.807, 2.05) is 6.92 Å². The summed E-state index contributed by atoms with van der Waals surface area (Å²) in [4.78, 5) is 12.0. The monoisotopic (exact) mass is 318 g/mol. The third-order valence-corrected chi connectivity index (χ3v) is 4.39. The van der Waals surface area contributed by atoms with Crippen LogP contribution in [-0.4, -0.2) is 27.6 Å². The molecular weight excluding hydrogens is 304 g/mol. The maximum absolute atomic E-state index is 12.0. The van der Waals surface area contributed by atoms with Crippen LogP contribution in [0.15, 0.2) is 23.1 Å². The van der Waals surface area contributed by atoms with Crippen molar-refractivity contribution >= 4 is 25.7 Å². The molecule has 1 aromatic carbocycles. The fraction of sp³-hybridized carbons (Fsp3) is 0.462. The van der Waals surface area contributed by atoms with Crippen molar-refractivity contribution in [2.24, 2.45) is 0 Å². The Kier molecular flexibility index (Phi) is 4.55. The van der Waals surface area contributed by atoms with Crippen LogP contribution in [-0.2, 0) is 18.6 Å². The topological polar surface area (TPSA) is 69.7 Å². The normalized spacial score (nSPS) is 18.0. The largest absolute Gasteiger partial charge is 0.493 e. The number of ether oxygens (including phenoxy) is 2. The van der Waals surface area contributed by atoms with E-state index in [0.717, 1.165) is 6.42 Å². The average molecular weight is 319 g/mol. The summed E-state index contributed by atoms with van der Waals surface area (Å²) in [6.45, 7) is 2.65. The van der Waals surface area contributed by atoms with Crippen molar-refractivity contribution in [1.29, 1.82) is 0 Å². The third-order valence-electron chi connectivity index (χ3n) is 3.04. The Morgan fingerprint density at radius 3 is 2.90 bits per heavy atom. The Labute approximate surface area is 122 Å². The van der Waals surface area contributed by atoms with Gasteiger partial charge in [-0.3, -0.25) is 4.79 Å². The molecule has 0 N–H and O–H groups in total. The fourth-order valence-electron chi connectivity index (χ4n) is 2.07. The minimum Gasteiger partial charge on any atom is -0.493 e. The minimum absolute atomic E-state index is 0.0447. The van der Waals surface area contributed by atoms with Crippen LogP contribution in [0.3, 0.4) is 0 Å². The third kappa shape index (κ3) is 3.24. The lowest BCUT2D eigenvalue weighted by Gasteiger charge is -2.24. The number of halogens is 1. The molecule has 1 unspecified atom stereocenters. The second-order valence-corrected chi connectivity index (χ2v) is 7.06. The molecule has 0 spiro atoms. The number of benzene rings is 1. The van der Waals surface area contributed by atoms with Crippen LogP contribution in [0, 0.1) is 0 Å². The summed E-state index contributed by atoms with van der Waals surface area (Å²) >= 11 is 0. The molecule has 2 rings (SSSR count). The Morgan fingerprint density at radius 1 is 1.50 bits per heavy atom. The maximum atomic E-state index is 12.0. The van der Waals surface area contributed by atoms with Gasteiger partial charge in [0.2, 0.25) is 0 Å². The van der Waals surface area contributed by atoms with Crippen molar-refractivity contribution in [2.75, 3.05) is 13.2 Å². The van der Waals surface area contributed by atoms with E-state index in [4.69, 9.17) is 20.2 Å². The van der Waals surface area contributed by atoms with E-state index in [9.17, 15) is 13.2 Å². The molecule has 0 aromatic heterocycles. The van der Waals surface area contributed by atoms with Gasteiger partial charge >= 0.3 is 5.97 Å². The van der Waals surface area contributed by atoms with Crippen LogP contribution in [0.1, 0.15) is 31.2 Å². The first-order chi connectivity index (χ1) is 9.43. The average Bonchev–Trinajstić information content (AvgIpc) is 2.42. The minimum atomic E-state index is -3.84. The van der Waals surface area contributed by atoms with Crippen molar-refractivity contribution in [1.82, 2.24) is 0 Å². The zero-order valence-electron chi connectivity index (χ0n) is 11.0. The van der Waals surface area contributed by atoms with Gasteiger partial charge in [0.25, 0.3) is 9.05 Å². The van der Waals surface area contributed by atoms with Crippen LogP contribution in [0.4, 0.5) is 0 Å². The highest BCUT2D eigenvalue weighted by Crippen LogP contribution is 2.36. The SMILES string of the molecule is CCCOC(=O)C1CCOc2ccc(S(=O)(=O)Cl)cc21. The van der Waals surface area contributed by atoms with E-state index >= 15 is 0 Å². The molecule has 0 saturated carbocycles. The molecule has 0 aliphatic carbocycles. The number of rotatable bonds is 4. The molecule has 20 heavy (non-hydrogen) atoms. The van der Waals surface area contributed by atoms with Gasteiger partial charge < -0.3 is 9.47 Å². The summed E-state index contributed by atoms with van der Waals surface area (Å²) in [5.41, 5.74) is 0.513. The van der Waals surface area contributed by atoms with Gasteiger partial charge in [-0.25, -0.2) is 8.42 Å². The summed E-state index contributed by atoms with van der Waals surface area (Å²) in [6.07, 6.45) is 1.19. The second-order valence-electron chi connectivity index (χ2n) is 4.49. The molecule has 0 bridgehead atoms. The lowest BCUT2D eigenvalue weighted by molar-refractivity contribution is -0.146. The highest BCUT2D eigenvalue weighted by Gasteiger charge is 2.30. The van der Waals surface area contributed by atoms with Gasteiger partial charge in [-0.1, -0.05) is 6.92 Å². The van der Waals surface area contributed by atoms with Gasteiger partial charge in [-0.15, -0.1) is 0 Å². The molecule has 0 fully saturated rings. The first kappa shape index (κ1) is 15.1. The molecule has 110 valence electrons. The van der Waals surface area contributed by atoms with E-state index in [-0.39, 0.29) is 10.9 Å². The molecule has 5 nitrogen and oxygen atoms in total. The predicted molar refractivity (Wildman–Crippen MR) is 73.6 cm³/mol. The maximum Gasteiger partial charge on any atom is 0.313 e. The molecule has 1 aliphatic heterocycles. The number of carbonyl (C=O) groups is 1. The van der Waals surface area contributed by atoms with E-state index in [1.54, 1.807) is 0 Å². The molecule has 0 saturated heterocycles. The van der Waals surface area contributed by atoms with Crippen molar-refractivity contribution in [3.8, 4) is 5.75 Å². The van der Waals surface area contributed by atoms with Crippen LogP contribution >= 0.6 is 10.7 Å². The van der Waals surface area contributed by atoms with E-state index < -0.39 is 15.0 Å². The van der Waals surface area contributed by atoms with Gasteiger partial charge in [-0.2, -0.15) is 0 Å². The number of fused-ring (bicyclic) bond motifs is 1. The molecule has 1 heterocycles. The standard InChI is InChI=1S/C13H15ClO5S/c1-2-6-19-13(15)10-5-7-18-12-4-3-9(8-11(10)12)20(14,16)17/h3-4,8,10H,2,5-7H2,1H3. The predicted octanol–water partition coefficient (Wildman–Crippen LogP) is 2.43. The highest BCUT2D eigenvalue weighted by atomic mass is 35.7. The summed E-state index contributed by atoms with van der Waals surface area (Å²) < 4.78 is 33.3. The van der Waals surface area contributed by atoms with Gasteiger partial charge in [0.1, 0.15) is 5.75 Å². The van der Waals surface area contributed by atoms with Crippen molar-refractivity contribution in [3.05, 3.63) is 23.8 Å². The summed E-state index contributed by atoms with van der Waals surface area (Å²) in [7, 11) is 1.49. The molecule has 0 radical (unpaired) electrons. The first-order valence-corrected chi connectivity index (χ1v) is 8.62. The summed E-state index contributed by atoms with van der Waals surface area (Å²) in [5, 5.41) is 0. The zero-order chi connectivity index (χ0) is 14.8. The Morgan fingerprint density at radius 2 is 2.25 bits per heavy atom. The van der Waals surface area contributed by atoms with Crippen molar-refractivity contribution in [3.63, 3.8) is 0 Å². The quantitative estimate of drug-likeness (QED) is 0.630. The molecule has 1 atom stereocenters. The van der Waals surface area contributed by atoms with E-state index in [2.05, 4.69) is 0 Å². The number of hydrogen-bond donors (Lipinski definition) is 0. The van der Waals surface area contributed by atoms with Gasteiger partial charge in [0, 0.05) is 16.2 Å². The number of esters is 1. The van der Waals surface area contributed by atoms with E-state index in [0.29, 0.717) is 30.9 Å². The van der Waals surface area contributed by atoms with E-state index in [1.165, 1.54) is 18.2 Å². The lowest BCUT2D eigenvalue weighted by Crippen LogP contribution is -2.23. The smallest absolute Gasteiger partial charge is 0.313 e. The molecule has 1 aromatic rings. The Balaban J connectivity index is 2.35. The van der Waals surface area contributed by atoms with Gasteiger partial charge in [0.15, 0.2) is 0 Å². The number of carbonyl (C=O) groups excluding carboxylic acids is 1. The first-order valence-electron chi connectivity index (χ1n) is 6.31. The summed E-state index contributed by atoms with van der Waals surface area (Å²) in [5.74, 6) is -0.372. The fourth-order valence-corrected chi connectivity index (χ4v) is 2.86. The van der Waals surface area contributed by atoms with Gasteiger partial charge in [0.05, 0.1) is 24.0 Å². The van der Waals surface area contributed by atoms with Crippen LogP contribution in [0.2, 0.25) is 0 Å². The van der Waals surface area contributed by atoms with Crippen molar-refractivity contribution in [2.45, 2.75) is 30.6 Å². The van der Waals surface area contributed by atoms with Crippen LogP contribution < -0.4 is 4.74 Å². The highest BCUT2D eigenvalue weighted by molar-refractivity contribution is 8.13. The zero-order valence-corrected chi connectivity index (χ0v) is 12.5. The molecule has 7 heteroatoms. The van der Waals surface area contributed by atoms with Crippen molar-refractivity contribution < 1.29 is 22.7 Å². The number of hydrogen-bond acceptors (Lipinski definition) is 5. The molecular formula is C13H15ClO5S. The lowest BCUT2D eigenvalue weighted by atomic mass is 9.93. The van der Waals surface area contributed by atoms with Crippen LogP contribution in [0.5, 0.6) is 5.75 Å². The van der Waals surface area contributed by atoms with Gasteiger partial charge in [-0.05, 0) is 31.0 Å².